The molecule has 3 aromatic rings. The monoisotopic (exact) mass is 316 g/mol. The normalized spacial score (nSPS) is 13.2. The Bertz CT molecular complexity index is 854. The van der Waals surface area contributed by atoms with E-state index in [1.165, 1.54) is 16.3 Å². The van der Waals surface area contributed by atoms with Crippen molar-refractivity contribution in [2.45, 2.75) is 12.0 Å². The van der Waals surface area contributed by atoms with Crippen LogP contribution in [0, 0.1) is 0 Å². The predicted octanol–water partition coefficient (Wildman–Crippen LogP) is 5.19. The van der Waals surface area contributed by atoms with Gasteiger partial charge in [0.2, 0.25) is 0 Å². The fraction of sp³-hybridized carbons (Fsp3) is 0.200. The summed E-state index contributed by atoms with van der Waals surface area (Å²) in [6.45, 7) is 0.733. The summed E-state index contributed by atoms with van der Waals surface area (Å²) in [6.07, 6.45) is 0. The summed E-state index contributed by atoms with van der Waals surface area (Å²) in [7, 11) is 1.92. The molecule has 3 rings (SSSR count). The lowest BCUT2D eigenvalue weighted by Gasteiger charge is -2.24. The second-order valence-electron chi connectivity index (χ2n) is 5.83. The Labute approximate surface area is 141 Å². The number of nitrogens with zero attached hydrogens (tertiary/aromatic N) is 3. The summed E-state index contributed by atoms with van der Waals surface area (Å²) < 4.78 is 0. The van der Waals surface area contributed by atoms with Crippen LogP contribution < -0.4 is 5.32 Å². The zero-order chi connectivity index (χ0) is 16.8. The SMILES string of the molecule is CNCC(c1ccc2ccccc2c1)C(N=[N+]=[N-])c1ccccc1. The summed E-state index contributed by atoms with van der Waals surface area (Å²) in [5.74, 6) is 0.0675. The van der Waals surface area contributed by atoms with E-state index in [1.807, 2.05) is 49.5 Å². The van der Waals surface area contributed by atoms with Gasteiger partial charge >= 0.3 is 0 Å². The third kappa shape index (κ3) is 3.40. The number of nitrogens with one attached hydrogen (secondary N) is 1. The topological polar surface area (TPSA) is 60.8 Å². The van der Waals surface area contributed by atoms with E-state index in [1.54, 1.807) is 0 Å². The number of likely N-dealkylation sites (N-methyl/N-ethyl adjacent to an activating group) is 1. The van der Waals surface area contributed by atoms with Gasteiger partial charge in [-0.3, -0.25) is 0 Å². The van der Waals surface area contributed by atoms with Gasteiger partial charge in [0.15, 0.2) is 0 Å². The van der Waals surface area contributed by atoms with Crippen molar-refractivity contribution in [1.29, 1.82) is 0 Å². The Hall–Kier alpha value is -2.81. The molecule has 0 aliphatic carbocycles. The molecule has 0 saturated heterocycles. The summed E-state index contributed by atoms with van der Waals surface area (Å²) in [6, 6.07) is 24.5. The van der Waals surface area contributed by atoms with Crippen molar-refractivity contribution in [3.63, 3.8) is 0 Å². The molecule has 120 valence electrons. The van der Waals surface area contributed by atoms with E-state index in [9.17, 15) is 0 Å². The smallest absolute Gasteiger partial charge is 0.0706 e. The fourth-order valence-corrected chi connectivity index (χ4v) is 3.16. The number of benzene rings is 3. The Balaban J connectivity index is 2.07. The van der Waals surface area contributed by atoms with Crippen LogP contribution in [0.15, 0.2) is 77.9 Å². The van der Waals surface area contributed by atoms with Crippen molar-refractivity contribution in [2.75, 3.05) is 13.6 Å². The van der Waals surface area contributed by atoms with Crippen molar-refractivity contribution in [3.8, 4) is 0 Å². The lowest BCUT2D eigenvalue weighted by molar-refractivity contribution is 0.525. The molecule has 0 spiro atoms. The van der Waals surface area contributed by atoms with Crippen LogP contribution in [0.1, 0.15) is 23.1 Å². The van der Waals surface area contributed by atoms with Crippen LogP contribution in [0.25, 0.3) is 21.2 Å². The summed E-state index contributed by atoms with van der Waals surface area (Å²) in [4.78, 5) is 3.10. The molecule has 0 aliphatic rings. The maximum atomic E-state index is 9.07. The lowest BCUT2D eigenvalue weighted by Crippen LogP contribution is -2.22. The molecular formula is C20H20N4. The summed E-state index contributed by atoms with van der Waals surface area (Å²) in [5, 5.41) is 9.76. The molecule has 0 radical (unpaired) electrons. The molecule has 4 heteroatoms. The first-order valence-corrected chi connectivity index (χ1v) is 8.06. The quantitative estimate of drug-likeness (QED) is 0.379. The fourth-order valence-electron chi connectivity index (χ4n) is 3.16. The van der Waals surface area contributed by atoms with Gasteiger partial charge in [0.25, 0.3) is 0 Å². The molecule has 0 aromatic heterocycles. The van der Waals surface area contributed by atoms with E-state index in [0.29, 0.717) is 0 Å². The van der Waals surface area contributed by atoms with Crippen molar-refractivity contribution in [2.24, 2.45) is 5.11 Å². The highest BCUT2D eigenvalue weighted by Gasteiger charge is 2.23. The second kappa shape index (κ2) is 7.64. The zero-order valence-electron chi connectivity index (χ0n) is 13.6. The molecule has 0 saturated carbocycles. The minimum atomic E-state index is -0.246. The van der Waals surface area contributed by atoms with Crippen molar-refractivity contribution >= 4 is 10.8 Å². The lowest BCUT2D eigenvalue weighted by atomic mass is 9.86. The number of fused-ring (bicyclic) bond motifs is 1. The predicted molar refractivity (Wildman–Crippen MR) is 98.9 cm³/mol. The van der Waals surface area contributed by atoms with E-state index in [0.717, 1.165) is 12.1 Å². The molecule has 2 unspecified atom stereocenters. The van der Waals surface area contributed by atoms with E-state index >= 15 is 0 Å². The van der Waals surface area contributed by atoms with Crippen LogP contribution in [-0.4, -0.2) is 13.6 Å². The van der Waals surface area contributed by atoms with Gasteiger partial charge in [-0.25, -0.2) is 0 Å². The zero-order valence-corrected chi connectivity index (χ0v) is 13.6. The summed E-state index contributed by atoms with van der Waals surface area (Å²) in [5.41, 5.74) is 11.3. The minimum absolute atomic E-state index is 0.0675. The molecule has 2 atom stereocenters. The molecule has 0 aliphatic heterocycles. The highest BCUT2D eigenvalue weighted by molar-refractivity contribution is 5.83. The number of hydrogen-bond donors (Lipinski definition) is 1. The third-order valence-electron chi connectivity index (χ3n) is 4.32. The van der Waals surface area contributed by atoms with Gasteiger partial charge < -0.3 is 5.32 Å². The van der Waals surface area contributed by atoms with Crippen molar-refractivity contribution in [1.82, 2.24) is 5.32 Å². The van der Waals surface area contributed by atoms with Gasteiger partial charge in [0.1, 0.15) is 0 Å². The maximum absolute atomic E-state index is 9.07. The molecule has 1 N–H and O–H groups in total. The van der Waals surface area contributed by atoms with Crippen LogP contribution in [0.3, 0.4) is 0 Å². The molecule has 0 bridgehead atoms. The minimum Gasteiger partial charge on any atom is -0.319 e. The molecule has 4 nitrogen and oxygen atoms in total. The average molecular weight is 316 g/mol. The molecule has 24 heavy (non-hydrogen) atoms. The first-order chi connectivity index (χ1) is 11.8. The standard InChI is InChI=1S/C20H20N4/c1-22-14-19(20(23-24-21)16-8-3-2-4-9-16)18-12-11-15-7-5-6-10-17(15)13-18/h2-13,19-20,22H,14H2,1H3. The highest BCUT2D eigenvalue weighted by Crippen LogP contribution is 2.35. The maximum Gasteiger partial charge on any atom is 0.0706 e. The Morgan fingerprint density at radius 3 is 2.33 bits per heavy atom. The second-order valence-corrected chi connectivity index (χ2v) is 5.83. The first kappa shape index (κ1) is 16.1. The van der Waals surface area contributed by atoms with E-state index in [-0.39, 0.29) is 12.0 Å². The largest absolute Gasteiger partial charge is 0.319 e. The van der Waals surface area contributed by atoms with Crippen LogP contribution in [0.2, 0.25) is 0 Å². The van der Waals surface area contributed by atoms with Gasteiger partial charge in [-0.2, -0.15) is 0 Å². The van der Waals surface area contributed by atoms with E-state index in [4.69, 9.17) is 5.53 Å². The summed E-state index contributed by atoms with van der Waals surface area (Å²) >= 11 is 0. The van der Waals surface area contributed by atoms with Crippen molar-refractivity contribution in [3.05, 3.63) is 94.4 Å². The van der Waals surface area contributed by atoms with E-state index in [2.05, 4.69) is 45.7 Å². The van der Waals surface area contributed by atoms with Crippen molar-refractivity contribution < 1.29 is 0 Å². The van der Waals surface area contributed by atoms with Crippen LogP contribution in [0.5, 0.6) is 0 Å². The van der Waals surface area contributed by atoms with Crippen LogP contribution >= 0.6 is 0 Å². The Morgan fingerprint density at radius 2 is 1.62 bits per heavy atom. The number of rotatable bonds is 6. The van der Waals surface area contributed by atoms with Gasteiger partial charge in [0, 0.05) is 17.4 Å². The molecule has 0 fully saturated rings. The Kier molecular flexibility index (Phi) is 5.12. The first-order valence-electron chi connectivity index (χ1n) is 8.06. The van der Waals surface area contributed by atoms with Gasteiger partial charge in [-0.1, -0.05) is 77.9 Å². The highest BCUT2D eigenvalue weighted by atomic mass is 15.2. The van der Waals surface area contributed by atoms with Crippen LogP contribution in [0.4, 0.5) is 0 Å². The Morgan fingerprint density at radius 1 is 0.917 bits per heavy atom. The molecule has 0 heterocycles. The molecular weight excluding hydrogens is 296 g/mol. The van der Waals surface area contributed by atoms with E-state index < -0.39 is 0 Å². The van der Waals surface area contributed by atoms with Gasteiger partial charge in [-0.15, -0.1) is 0 Å². The molecule has 0 amide bonds. The molecule has 3 aromatic carbocycles. The van der Waals surface area contributed by atoms with Crippen LogP contribution in [-0.2, 0) is 0 Å². The number of azide groups is 1. The number of hydrogen-bond acceptors (Lipinski definition) is 2. The van der Waals surface area contributed by atoms with Gasteiger partial charge in [0.05, 0.1) is 6.04 Å². The third-order valence-corrected chi connectivity index (χ3v) is 4.32. The van der Waals surface area contributed by atoms with Gasteiger partial charge in [-0.05, 0) is 34.5 Å². The average Bonchev–Trinajstić information content (AvgIpc) is 2.65.